The van der Waals surface area contributed by atoms with Gasteiger partial charge < -0.3 is 15.3 Å². The molecule has 9 heteroatoms. The van der Waals surface area contributed by atoms with Crippen LogP contribution in [-0.4, -0.2) is 57.2 Å². The maximum Gasteiger partial charge on any atom is 0.697 e. The van der Waals surface area contributed by atoms with Crippen LogP contribution in [-0.2, 0) is 13.6 Å². The third kappa shape index (κ3) is 18.6. The SMILES string of the molecule is CCC(CO)(CO)CO.CCCCO[P+](=O)OCCCC.[2H][B]P. The fraction of sp³-hybridized carbons (Fsp3) is 1.00. The van der Waals surface area contributed by atoms with Gasteiger partial charge >= 0.3 is 8.25 Å². The summed E-state index contributed by atoms with van der Waals surface area (Å²) in [7, 11) is 1.43. The van der Waals surface area contributed by atoms with Crippen molar-refractivity contribution >= 4 is 24.9 Å². The maximum absolute atomic E-state index is 10.9. The molecule has 0 aromatic rings. The maximum atomic E-state index is 10.9. The smallest absolute Gasteiger partial charge is 0.396 e. The number of hydrogen-bond acceptors (Lipinski definition) is 6. The van der Waals surface area contributed by atoms with Crippen molar-refractivity contribution in [1.82, 2.24) is 0 Å². The van der Waals surface area contributed by atoms with E-state index in [1.807, 2.05) is 6.92 Å². The van der Waals surface area contributed by atoms with Gasteiger partial charge in [-0.15, -0.1) is 9.05 Å². The minimum absolute atomic E-state index is 0.156. The first-order chi connectivity index (χ1) is 11.5. The molecule has 6 nitrogen and oxygen atoms in total. The molecule has 0 spiro atoms. The quantitative estimate of drug-likeness (QED) is 0.276. The number of hydrogen-bond donors (Lipinski definition) is 3. The Kier molecular flexibility index (Phi) is 25.0. The Labute approximate surface area is 147 Å². The van der Waals surface area contributed by atoms with Crippen molar-refractivity contribution in [2.75, 3.05) is 33.0 Å². The van der Waals surface area contributed by atoms with Crippen molar-refractivity contribution in [3.63, 3.8) is 0 Å². The summed E-state index contributed by atoms with van der Waals surface area (Å²) in [5.74, 6) is 0. The summed E-state index contributed by atoms with van der Waals surface area (Å²) >= 11 is 0. The number of rotatable bonds is 12. The van der Waals surface area contributed by atoms with Crippen LogP contribution in [0.3, 0.4) is 0 Å². The summed E-state index contributed by atoms with van der Waals surface area (Å²) in [6, 6.07) is 0. The van der Waals surface area contributed by atoms with Gasteiger partial charge in [-0.2, -0.15) is 9.12 Å². The van der Waals surface area contributed by atoms with Gasteiger partial charge in [-0.3, -0.25) is 0 Å². The molecule has 1 atom stereocenters. The second-order valence-electron chi connectivity index (χ2n) is 4.93. The molecule has 0 aliphatic carbocycles. The van der Waals surface area contributed by atoms with E-state index in [2.05, 4.69) is 23.0 Å². The molecule has 0 rings (SSSR count). The lowest BCUT2D eigenvalue weighted by Crippen LogP contribution is -2.32. The van der Waals surface area contributed by atoms with Crippen LogP contribution in [0.15, 0.2) is 0 Å². The Morgan fingerprint density at radius 2 is 1.39 bits per heavy atom. The summed E-state index contributed by atoms with van der Waals surface area (Å²) in [4.78, 5) is 0. The average Bonchev–Trinajstić information content (AvgIpc) is 2.59. The van der Waals surface area contributed by atoms with Gasteiger partial charge in [0.05, 0.1) is 19.8 Å². The zero-order valence-electron chi connectivity index (χ0n) is 15.7. The summed E-state index contributed by atoms with van der Waals surface area (Å²) in [6.07, 6.45) is 4.59. The highest BCUT2D eigenvalue weighted by atomic mass is 31.1. The summed E-state index contributed by atoms with van der Waals surface area (Å²) in [6.45, 7) is 6.56. The van der Waals surface area contributed by atoms with E-state index < -0.39 is 13.7 Å². The molecule has 0 aliphatic heterocycles. The molecular weight excluding hydrogens is 337 g/mol. The van der Waals surface area contributed by atoms with Gasteiger partial charge in [0.1, 0.15) is 20.7 Å². The van der Waals surface area contributed by atoms with Gasteiger partial charge in [0.25, 0.3) is 0 Å². The molecule has 0 aliphatic rings. The highest BCUT2D eigenvalue weighted by Gasteiger charge is 2.24. The molecule has 23 heavy (non-hydrogen) atoms. The van der Waals surface area contributed by atoms with Crippen LogP contribution in [0.2, 0.25) is 0 Å². The molecule has 0 saturated heterocycles. The predicted octanol–water partition coefficient (Wildman–Crippen LogP) is 2.31. The van der Waals surface area contributed by atoms with Crippen LogP contribution in [0, 0.1) is 5.41 Å². The summed E-state index contributed by atoms with van der Waals surface area (Å²) in [5.41, 5.74) is -0.667. The second kappa shape index (κ2) is 22.4. The van der Waals surface area contributed by atoms with Gasteiger partial charge in [0, 0.05) is 9.98 Å². The normalized spacial score (nSPS) is 10.7. The van der Waals surface area contributed by atoms with E-state index in [9.17, 15) is 4.57 Å². The number of unbranched alkanes of at least 4 members (excludes halogenated alkanes) is 2. The molecule has 0 fully saturated rings. The lowest BCUT2D eigenvalue weighted by molar-refractivity contribution is 0.00304. The van der Waals surface area contributed by atoms with E-state index in [1.54, 1.807) is 0 Å². The Morgan fingerprint density at radius 1 is 1.04 bits per heavy atom. The molecule has 0 saturated carbocycles. The van der Waals surface area contributed by atoms with Crippen molar-refractivity contribution in [1.29, 1.82) is 1.34 Å². The highest BCUT2D eigenvalue weighted by molar-refractivity contribution is 7.49. The fourth-order valence-corrected chi connectivity index (χ4v) is 1.72. The van der Waals surface area contributed by atoms with Crippen LogP contribution in [0.5, 0.6) is 0 Å². The van der Waals surface area contributed by atoms with E-state index in [0.29, 0.717) is 19.6 Å². The topological polar surface area (TPSA) is 96.2 Å². The van der Waals surface area contributed by atoms with E-state index in [-0.39, 0.29) is 19.8 Å². The molecule has 3 N–H and O–H groups in total. The van der Waals surface area contributed by atoms with Crippen molar-refractivity contribution in [2.45, 2.75) is 52.9 Å². The molecule has 1 unspecified atom stereocenters. The molecule has 139 valence electrons. The third-order valence-corrected chi connectivity index (χ3v) is 3.93. The van der Waals surface area contributed by atoms with Crippen molar-refractivity contribution in [2.24, 2.45) is 5.41 Å². The average molecular weight is 373 g/mol. The first-order valence-corrected chi connectivity index (χ1v) is 9.70. The third-order valence-electron chi connectivity index (χ3n) is 3.15. The molecule has 0 bridgehead atoms. The van der Waals surface area contributed by atoms with Gasteiger partial charge in [0.15, 0.2) is 0 Å². The zero-order chi connectivity index (χ0) is 19.3. The molecule has 0 aromatic carbocycles. The monoisotopic (exact) mass is 373 g/mol. The van der Waals surface area contributed by atoms with Crippen LogP contribution in [0.4, 0.5) is 0 Å². The second-order valence-corrected chi connectivity index (χ2v) is 5.89. The lowest BCUT2D eigenvalue weighted by atomic mass is 9.88. The molecular formula is C14H35BO6P2+. The van der Waals surface area contributed by atoms with Crippen LogP contribution < -0.4 is 0 Å². The van der Waals surface area contributed by atoms with Gasteiger partial charge in [-0.1, -0.05) is 33.6 Å². The minimum Gasteiger partial charge on any atom is -0.396 e. The number of aliphatic hydroxyl groups is 3. The van der Waals surface area contributed by atoms with Crippen LogP contribution in [0.1, 0.15) is 52.9 Å². The van der Waals surface area contributed by atoms with Crippen molar-refractivity contribution in [3.8, 4) is 0 Å². The molecule has 0 aromatic heterocycles. The predicted molar refractivity (Wildman–Crippen MR) is 100 cm³/mol. The van der Waals surface area contributed by atoms with Gasteiger partial charge in [0.2, 0.25) is 0 Å². The molecule has 0 amide bonds. The molecule has 0 heterocycles. The standard InChI is InChI=1S/C8H18O3P.C6H14O3.BH3P/c1-3-5-7-10-12(9)11-8-6-4-2;1-2-6(3-7,4-8)5-9;1-2/h3-8H2,1-2H3;7-9H,2-5H2,1H3;1H,2H2/q+1;;/i;;1D. The summed E-state index contributed by atoms with van der Waals surface area (Å²) < 4.78 is 26.8. The fourth-order valence-electron chi connectivity index (χ4n) is 1.09. The van der Waals surface area contributed by atoms with E-state index in [0.717, 1.165) is 25.7 Å². The first kappa shape index (κ1) is 25.6. The Balaban J connectivity index is -0.000000324. The Morgan fingerprint density at radius 3 is 1.57 bits per heavy atom. The first-order valence-electron chi connectivity index (χ1n) is 8.52. The van der Waals surface area contributed by atoms with E-state index in [1.165, 1.54) is 7.53 Å². The Bertz CT molecular complexity index is 232. The Hall–Kier alpha value is 0.395. The van der Waals surface area contributed by atoms with Crippen LogP contribution in [0.25, 0.3) is 0 Å². The highest BCUT2D eigenvalue weighted by Crippen LogP contribution is 2.24. The largest absolute Gasteiger partial charge is 0.697 e. The molecule has 1 radical (unpaired) electrons. The van der Waals surface area contributed by atoms with E-state index >= 15 is 0 Å². The van der Waals surface area contributed by atoms with Crippen LogP contribution >= 0.6 is 17.4 Å². The van der Waals surface area contributed by atoms with Crippen molar-refractivity contribution < 1.29 is 28.9 Å². The van der Waals surface area contributed by atoms with Crippen molar-refractivity contribution in [3.05, 3.63) is 0 Å². The minimum atomic E-state index is -1.85. The van der Waals surface area contributed by atoms with E-state index in [4.69, 9.17) is 25.7 Å². The summed E-state index contributed by atoms with van der Waals surface area (Å²) in [5, 5.41) is 26.0. The lowest BCUT2D eigenvalue weighted by Gasteiger charge is -2.24. The van der Waals surface area contributed by atoms with Gasteiger partial charge in [-0.25, -0.2) is 0 Å². The number of aliphatic hydroxyl groups excluding tert-OH is 3. The zero-order valence-corrected chi connectivity index (χ0v) is 16.8. The van der Waals surface area contributed by atoms with Gasteiger partial charge in [-0.05, 0) is 20.6 Å².